The van der Waals surface area contributed by atoms with Gasteiger partial charge >= 0.3 is 0 Å². The molecule has 1 rings (SSSR count). The van der Waals surface area contributed by atoms with Crippen molar-refractivity contribution >= 4 is 10.0 Å². The molecule has 6 heteroatoms. The first-order valence-corrected chi connectivity index (χ1v) is 7.17. The van der Waals surface area contributed by atoms with E-state index in [-0.39, 0.29) is 6.04 Å². The molecule has 0 saturated carbocycles. The van der Waals surface area contributed by atoms with Gasteiger partial charge in [-0.2, -0.15) is 4.31 Å². The van der Waals surface area contributed by atoms with Gasteiger partial charge in [0.1, 0.15) is 0 Å². The van der Waals surface area contributed by atoms with Crippen LogP contribution < -0.4 is 5.73 Å². The van der Waals surface area contributed by atoms with Crippen LogP contribution >= 0.6 is 0 Å². The van der Waals surface area contributed by atoms with Crippen LogP contribution in [0.5, 0.6) is 0 Å². The molecule has 0 radical (unpaired) electrons. The lowest BCUT2D eigenvalue weighted by molar-refractivity contribution is 0.184. The van der Waals surface area contributed by atoms with Gasteiger partial charge in [0, 0.05) is 32.2 Å². The molecule has 1 heterocycles. The minimum Gasteiger partial charge on any atom is -0.328 e. The Balaban J connectivity index is 2.30. The van der Waals surface area contributed by atoms with E-state index in [1.807, 2.05) is 6.92 Å². The highest BCUT2D eigenvalue weighted by atomic mass is 32.2. The third-order valence-corrected chi connectivity index (χ3v) is 4.00. The number of hydrogen-bond donors (Lipinski definition) is 1. The average molecular weight is 235 g/mol. The molecule has 0 spiro atoms. The van der Waals surface area contributed by atoms with Gasteiger partial charge in [0.15, 0.2) is 0 Å². The van der Waals surface area contributed by atoms with Gasteiger partial charge in [-0.05, 0) is 19.9 Å². The lowest BCUT2D eigenvalue weighted by Crippen LogP contribution is -2.48. The molecule has 2 N–H and O–H groups in total. The van der Waals surface area contributed by atoms with Gasteiger partial charge in [-0.1, -0.05) is 0 Å². The van der Waals surface area contributed by atoms with Crippen LogP contribution in [-0.2, 0) is 10.0 Å². The van der Waals surface area contributed by atoms with Gasteiger partial charge in [-0.25, -0.2) is 8.42 Å². The lowest BCUT2D eigenvalue weighted by Gasteiger charge is -2.33. The number of nitrogens with two attached hydrogens (primary N) is 1. The Bertz CT molecular complexity index is 282. The summed E-state index contributed by atoms with van der Waals surface area (Å²) >= 11 is 0. The summed E-state index contributed by atoms with van der Waals surface area (Å²) in [4.78, 5) is 2.27. The molecule has 1 atom stereocenters. The Morgan fingerprint density at radius 2 is 1.80 bits per heavy atom. The number of piperazine rings is 1. The molecule has 90 valence electrons. The summed E-state index contributed by atoms with van der Waals surface area (Å²) in [7, 11) is -3.00. The maximum absolute atomic E-state index is 11.2. The van der Waals surface area contributed by atoms with Gasteiger partial charge in [-0.15, -0.1) is 0 Å². The minimum absolute atomic E-state index is 0.220. The molecule has 15 heavy (non-hydrogen) atoms. The molecule has 0 aliphatic carbocycles. The number of nitrogens with zero attached hydrogens (tertiary/aromatic N) is 2. The highest BCUT2D eigenvalue weighted by molar-refractivity contribution is 7.88. The van der Waals surface area contributed by atoms with E-state index >= 15 is 0 Å². The smallest absolute Gasteiger partial charge is 0.211 e. The Hall–Kier alpha value is -0.170. The monoisotopic (exact) mass is 235 g/mol. The second kappa shape index (κ2) is 5.25. The highest BCUT2D eigenvalue weighted by Crippen LogP contribution is 2.06. The largest absolute Gasteiger partial charge is 0.328 e. The standard InChI is InChI=1S/C9H21N3O2S/c1-9(10)3-4-11-5-7-12(8-6-11)15(2,13)14/h9H,3-8,10H2,1-2H3. The van der Waals surface area contributed by atoms with Gasteiger partial charge in [-0.3, -0.25) is 0 Å². The van der Waals surface area contributed by atoms with Crippen molar-refractivity contribution in [1.29, 1.82) is 0 Å². The topological polar surface area (TPSA) is 66.6 Å². The van der Waals surface area contributed by atoms with Crippen LogP contribution in [-0.4, -0.2) is 62.6 Å². The summed E-state index contributed by atoms with van der Waals surface area (Å²) in [5, 5.41) is 0. The van der Waals surface area contributed by atoms with Crippen molar-refractivity contribution in [1.82, 2.24) is 9.21 Å². The van der Waals surface area contributed by atoms with Crippen LogP contribution in [0.1, 0.15) is 13.3 Å². The van der Waals surface area contributed by atoms with E-state index < -0.39 is 10.0 Å². The van der Waals surface area contributed by atoms with Crippen LogP contribution in [0.15, 0.2) is 0 Å². The van der Waals surface area contributed by atoms with Crippen molar-refractivity contribution in [3.05, 3.63) is 0 Å². The van der Waals surface area contributed by atoms with E-state index in [4.69, 9.17) is 5.73 Å². The first kappa shape index (κ1) is 12.9. The molecule has 0 bridgehead atoms. The summed E-state index contributed by atoms with van der Waals surface area (Å²) in [6, 6.07) is 0.220. The highest BCUT2D eigenvalue weighted by Gasteiger charge is 2.22. The fraction of sp³-hybridized carbons (Fsp3) is 1.00. The molecule has 1 unspecified atom stereocenters. The quantitative estimate of drug-likeness (QED) is 0.700. The van der Waals surface area contributed by atoms with Crippen LogP contribution in [0.3, 0.4) is 0 Å². The molecule has 1 saturated heterocycles. The summed E-state index contributed by atoms with van der Waals surface area (Å²) < 4.78 is 24.0. The molecule has 1 aliphatic heterocycles. The SMILES string of the molecule is CC(N)CCN1CCN(S(C)(=O)=O)CC1. The molecule has 0 aromatic rings. The first-order chi connectivity index (χ1) is 6.89. The Kier molecular flexibility index (Phi) is 4.51. The average Bonchev–Trinajstić information content (AvgIpc) is 2.14. The zero-order valence-corrected chi connectivity index (χ0v) is 10.3. The van der Waals surface area contributed by atoms with Crippen LogP contribution in [0.25, 0.3) is 0 Å². The van der Waals surface area contributed by atoms with E-state index in [0.29, 0.717) is 13.1 Å². The van der Waals surface area contributed by atoms with E-state index in [2.05, 4.69) is 4.90 Å². The number of rotatable bonds is 4. The van der Waals surface area contributed by atoms with Crippen molar-refractivity contribution in [2.75, 3.05) is 39.0 Å². The first-order valence-electron chi connectivity index (χ1n) is 5.32. The van der Waals surface area contributed by atoms with E-state index in [1.54, 1.807) is 0 Å². The van der Waals surface area contributed by atoms with Crippen LogP contribution in [0.4, 0.5) is 0 Å². The van der Waals surface area contributed by atoms with Gasteiger partial charge in [0.2, 0.25) is 10.0 Å². The van der Waals surface area contributed by atoms with Crippen molar-refractivity contribution < 1.29 is 8.42 Å². The fourth-order valence-electron chi connectivity index (χ4n) is 1.67. The van der Waals surface area contributed by atoms with Gasteiger partial charge in [0.25, 0.3) is 0 Å². The Morgan fingerprint density at radius 1 is 1.27 bits per heavy atom. The van der Waals surface area contributed by atoms with Gasteiger partial charge in [0.05, 0.1) is 6.26 Å². The second-order valence-electron chi connectivity index (χ2n) is 4.27. The van der Waals surface area contributed by atoms with Crippen LogP contribution in [0.2, 0.25) is 0 Å². The summed E-state index contributed by atoms with van der Waals surface area (Å²) in [5.41, 5.74) is 5.67. The van der Waals surface area contributed by atoms with Crippen molar-refractivity contribution in [2.24, 2.45) is 5.73 Å². The summed E-state index contributed by atoms with van der Waals surface area (Å²) in [5.74, 6) is 0. The zero-order valence-electron chi connectivity index (χ0n) is 9.52. The molecule has 0 aromatic heterocycles. The predicted molar refractivity (Wildman–Crippen MR) is 61.1 cm³/mol. The minimum atomic E-state index is -3.00. The van der Waals surface area contributed by atoms with Crippen molar-refractivity contribution in [3.63, 3.8) is 0 Å². The predicted octanol–water partition coefficient (Wildman–Crippen LogP) is -0.699. The summed E-state index contributed by atoms with van der Waals surface area (Å²) in [6.07, 6.45) is 2.24. The van der Waals surface area contributed by atoms with Crippen LogP contribution in [0, 0.1) is 0 Å². The second-order valence-corrected chi connectivity index (χ2v) is 6.25. The molecule has 0 amide bonds. The molecule has 1 aliphatic rings. The van der Waals surface area contributed by atoms with Crippen molar-refractivity contribution in [2.45, 2.75) is 19.4 Å². The number of sulfonamides is 1. The van der Waals surface area contributed by atoms with E-state index in [9.17, 15) is 8.42 Å². The fourth-order valence-corrected chi connectivity index (χ4v) is 2.50. The lowest BCUT2D eigenvalue weighted by atomic mass is 10.2. The maximum Gasteiger partial charge on any atom is 0.211 e. The van der Waals surface area contributed by atoms with Crippen molar-refractivity contribution in [3.8, 4) is 0 Å². The van der Waals surface area contributed by atoms with E-state index in [0.717, 1.165) is 26.1 Å². The molecular formula is C9H21N3O2S. The Morgan fingerprint density at radius 3 is 2.20 bits per heavy atom. The maximum atomic E-state index is 11.2. The normalized spacial score (nSPS) is 22.9. The Labute approximate surface area is 92.3 Å². The number of hydrogen-bond acceptors (Lipinski definition) is 4. The third-order valence-electron chi connectivity index (χ3n) is 2.70. The third kappa shape index (κ3) is 4.46. The van der Waals surface area contributed by atoms with E-state index in [1.165, 1.54) is 10.6 Å². The molecule has 0 aromatic carbocycles. The molecule has 5 nitrogen and oxygen atoms in total. The molecule has 1 fully saturated rings. The summed E-state index contributed by atoms with van der Waals surface area (Å²) in [6.45, 7) is 5.82. The van der Waals surface area contributed by atoms with Gasteiger partial charge < -0.3 is 10.6 Å². The zero-order chi connectivity index (χ0) is 11.5. The molecular weight excluding hydrogens is 214 g/mol.